The third-order valence-electron chi connectivity index (χ3n) is 3.20. The fourth-order valence-electron chi connectivity index (χ4n) is 1.89. The van der Waals surface area contributed by atoms with E-state index in [1.54, 1.807) is 0 Å². The lowest BCUT2D eigenvalue weighted by molar-refractivity contribution is 0.172. The summed E-state index contributed by atoms with van der Waals surface area (Å²) in [6.45, 7) is 7.41. The van der Waals surface area contributed by atoms with Crippen LogP contribution in [0.2, 0.25) is 0 Å². The minimum Gasteiger partial charge on any atom is -0.379 e. The molecule has 3 heteroatoms. The summed E-state index contributed by atoms with van der Waals surface area (Å²) in [4.78, 5) is 0. The van der Waals surface area contributed by atoms with Crippen molar-refractivity contribution in [1.29, 1.82) is 0 Å². The first-order valence-electron chi connectivity index (χ1n) is 5.82. The molecule has 3 nitrogen and oxygen atoms in total. The van der Waals surface area contributed by atoms with Gasteiger partial charge in [0, 0.05) is 25.2 Å². The molecular weight excluding hydrogens is 176 g/mol. The van der Waals surface area contributed by atoms with Crippen LogP contribution in [0.5, 0.6) is 0 Å². The Morgan fingerprint density at radius 1 is 1.36 bits per heavy atom. The molecule has 0 amide bonds. The maximum absolute atomic E-state index is 5.38. The van der Waals surface area contributed by atoms with Crippen LogP contribution >= 0.6 is 0 Å². The monoisotopic (exact) mass is 198 g/mol. The van der Waals surface area contributed by atoms with Crippen molar-refractivity contribution in [3.05, 3.63) is 0 Å². The second-order valence-corrected chi connectivity index (χ2v) is 4.94. The van der Waals surface area contributed by atoms with Gasteiger partial charge < -0.3 is 15.4 Å². The van der Waals surface area contributed by atoms with Crippen molar-refractivity contribution in [2.45, 2.75) is 31.7 Å². The number of rotatable bonds is 6. The molecule has 1 aliphatic carbocycles. The van der Waals surface area contributed by atoms with E-state index in [0.717, 1.165) is 38.6 Å². The topological polar surface area (TPSA) is 33.3 Å². The van der Waals surface area contributed by atoms with E-state index in [1.165, 1.54) is 19.4 Å². The average Bonchev–Trinajstić information content (AvgIpc) is 2.89. The fraction of sp³-hybridized carbons (Fsp3) is 1.00. The predicted octanol–water partition coefficient (Wildman–Crippen LogP) is 0.755. The largest absolute Gasteiger partial charge is 0.379 e. The highest BCUT2D eigenvalue weighted by Crippen LogP contribution is 2.27. The Kier molecular flexibility index (Phi) is 3.42. The van der Waals surface area contributed by atoms with Gasteiger partial charge in [-0.25, -0.2) is 0 Å². The van der Waals surface area contributed by atoms with Gasteiger partial charge in [0.1, 0.15) is 0 Å². The zero-order valence-corrected chi connectivity index (χ0v) is 9.14. The van der Waals surface area contributed by atoms with Crippen molar-refractivity contribution < 1.29 is 4.74 Å². The molecule has 0 aromatic carbocycles. The van der Waals surface area contributed by atoms with Gasteiger partial charge in [-0.05, 0) is 38.6 Å². The predicted molar refractivity (Wildman–Crippen MR) is 57.4 cm³/mol. The van der Waals surface area contributed by atoms with Gasteiger partial charge in [0.2, 0.25) is 0 Å². The van der Waals surface area contributed by atoms with Crippen LogP contribution in [0, 0.1) is 5.92 Å². The molecule has 0 spiro atoms. The summed E-state index contributed by atoms with van der Waals surface area (Å²) in [6.07, 6.45) is 4.02. The van der Waals surface area contributed by atoms with Crippen molar-refractivity contribution in [2.24, 2.45) is 5.92 Å². The third kappa shape index (κ3) is 3.23. The highest BCUT2D eigenvalue weighted by atomic mass is 16.5. The lowest BCUT2D eigenvalue weighted by atomic mass is 10.0. The fourth-order valence-corrected chi connectivity index (χ4v) is 1.89. The first kappa shape index (κ1) is 10.4. The van der Waals surface area contributed by atoms with Gasteiger partial charge in [-0.2, -0.15) is 0 Å². The molecule has 1 atom stereocenters. The third-order valence-corrected chi connectivity index (χ3v) is 3.20. The molecule has 1 saturated heterocycles. The quantitative estimate of drug-likeness (QED) is 0.618. The van der Waals surface area contributed by atoms with E-state index in [1.807, 2.05) is 0 Å². The normalized spacial score (nSPS) is 32.4. The summed E-state index contributed by atoms with van der Waals surface area (Å²) < 4.78 is 5.38. The standard InChI is InChI=1S/C11H22N2O/c1-11(4-7-14-9-11)13-6-5-12-8-10-2-3-10/h10,12-13H,2-9H2,1H3. The highest BCUT2D eigenvalue weighted by Gasteiger charge is 2.28. The van der Waals surface area contributed by atoms with Gasteiger partial charge >= 0.3 is 0 Å². The Balaban J connectivity index is 1.48. The molecule has 1 aliphatic heterocycles. The molecule has 1 saturated carbocycles. The second-order valence-electron chi connectivity index (χ2n) is 4.94. The van der Waals surface area contributed by atoms with Gasteiger partial charge in [0.05, 0.1) is 6.61 Å². The maximum Gasteiger partial charge on any atom is 0.0646 e. The number of ether oxygens (including phenoxy) is 1. The summed E-state index contributed by atoms with van der Waals surface area (Å²) in [5.74, 6) is 0.986. The van der Waals surface area contributed by atoms with Crippen molar-refractivity contribution in [3.63, 3.8) is 0 Å². The molecule has 0 aromatic rings. The van der Waals surface area contributed by atoms with Crippen molar-refractivity contribution >= 4 is 0 Å². The second kappa shape index (κ2) is 4.60. The van der Waals surface area contributed by atoms with Crippen LogP contribution in [0.4, 0.5) is 0 Å². The average molecular weight is 198 g/mol. The Morgan fingerprint density at radius 2 is 2.21 bits per heavy atom. The van der Waals surface area contributed by atoms with E-state index >= 15 is 0 Å². The van der Waals surface area contributed by atoms with Crippen molar-refractivity contribution in [3.8, 4) is 0 Å². The summed E-state index contributed by atoms with van der Waals surface area (Å²) in [7, 11) is 0. The molecule has 2 aliphatic rings. The smallest absolute Gasteiger partial charge is 0.0646 e. The Bertz CT molecular complexity index is 174. The lowest BCUT2D eigenvalue weighted by Crippen LogP contribution is -2.45. The van der Waals surface area contributed by atoms with E-state index in [4.69, 9.17) is 4.74 Å². The minimum atomic E-state index is 0.237. The van der Waals surface area contributed by atoms with Crippen LogP contribution in [-0.2, 0) is 4.74 Å². The first-order valence-corrected chi connectivity index (χ1v) is 5.82. The summed E-state index contributed by atoms with van der Waals surface area (Å²) in [5, 5.41) is 7.05. The summed E-state index contributed by atoms with van der Waals surface area (Å²) in [5.41, 5.74) is 0.237. The van der Waals surface area contributed by atoms with Crippen molar-refractivity contribution in [2.75, 3.05) is 32.8 Å². The lowest BCUT2D eigenvalue weighted by Gasteiger charge is -2.23. The molecule has 2 rings (SSSR count). The molecule has 0 radical (unpaired) electrons. The van der Waals surface area contributed by atoms with E-state index in [9.17, 15) is 0 Å². The van der Waals surface area contributed by atoms with E-state index < -0.39 is 0 Å². The van der Waals surface area contributed by atoms with Crippen LogP contribution in [0.1, 0.15) is 26.2 Å². The number of hydrogen-bond acceptors (Lipinski definition) is 3. The Morgan fingerprint density at radius 3 is 2.86 bits per heavy atom. The Hall–Kier alpha value is -0.120. The van der Waals surface area contributed by atoms with Crippen LogP contribution < -0.4 is 10.6 Å². The van der Waals surface area contributed by atoms with Gasteiger partial charge in [-0.15, -0.1) is 0 Å². The van der Waals surface area contributed by atoms with E-state index in [0.29, 0.717) is 0 Å². The maximum atomic E-state index is 5.38. The van der Waals surface area contributed by atoms with Crippen LogP contribution in [0.15, 0.2) is 0 Å². The molecule has 1 unspecified atom stereocenters. The van der Waals surface area contributed by atoms with E-state index in [-0.39, 0.29) is 5.54 Å². The molecule has 82 valence electrons. The Labute approximate surface area is 86.6 Å². The molecular formula is C11H22N2O. The van der Waals surface area contributed by atoms with Crippen LogP contribution in [0.25, 0.3) is 0 Å². The van der Waals surface area contributed by atoms with E-state index in [2.05, 4.69) is 17.6 Å². The molecule has 0 aromatic heterocycles. The summed E-state index contributed by atoms with van der Waals surface area (Å²) >= 11 is 0. The van der Waals surface area contributed by atoms with Gasteiger partial charge in [-0.1, -0.05) is 0 Å². The molecule has 0 bridgehead atoms. The molecule has 14 heavy (non-hydrogen) atoms. The van der Waals surface area contributed by atoms with Crippen LogP contribution in [-0.4, -0.2) is 38.4 Å². The molecule has 2 N–H and O–H groups in total. The van der Waals surface area contributed by atoms with Gasteiger partial charge in [0.15, 0.2) is 0 Å². The number of nitrogens with one attached hydrogen (secondary N) is 2. The zero-order chi connectivity index (χ0) is 9.86. The van der Waals surface area contributed by atoms with Crippen molar-refractivity contribution in [1.82, 2.24) is 10.6 Å². The number of hydrogen-bond donors (Lipinski definition) is 2. The zero-order valence-electron chi connectivity index (χ0n) is 9.14. The minimum absolute atomic E-state index is 0.237. The van der Waals surface area contributed by atoms with Gasteiger partial charge in [0.25, 0.3) is 0 Å². The highest BCUT2D eigenvalue weighted by molar-refractivity contribution is 4.86. The van der Waals surface area contributed by atoms with Crippen LogP contribution in [0.3, 0.4) is 0 Å². The van der Waals surface area contributed by atoms with Gasteiger partial charge in [-0.3, -0.25) is 0 Å². The SMILES string of the molecule is CC1(NCCNCC2CC2)CCOC1. The first-order chi connectivity index (χ1) is 6.79. The molecule has 1 heterocycles. The molecule has 2 fully saturated rings. The summed E-state index contributed by atoms with van der Waals surface area (Å²) in [6, 6.07) is 0.